The van der Waals surface area contributed by atoms with Crippen molar-refractivity contribution in [3.63, 3.8) is 0 Å². The van der Waals surface area contributed by atoms with Crippen LogP contribution < -0.4 is 10.6 Å². The second kappa shape index (κ2) is 7.14. The van der Waals surface area contributed by atoms with Gasteiger partial charge in [-0.25, -0.2) is 13.2 Å². The highest BCUT2D eigenvalue weighted by Crippen LogP contribution is 2.22. The number of sulfone groups is 1. The van der Waals surface area contributed by atoms with Crippen LogP contribution in [0.3, 0.4) is 0 Å². The Morgan fingerprint density at radius 1 is 0.760 bits per heavy atom. The highest BCUT2D eigenvalue weighted by atomic mass is 32.2. The third kappa shape index (κ3) is 4.02. The molecule has 0 fully saturated rings. The summed E-state index contributed by atoms with van der Waals surface area (Å²) in [5.41, 5.74) is 1.04. The van der Waals surface area contributed by atoms with Gasteiger partial charge < -0.3 is 10.6 Å². The number of amides is 2. The molecule has 0 bridgehead atoms. The van der Waals surface area contributed by atoms with Crippen LogP contribution in [0.5, 0.6) is 0 Å². The topological polar surface area (TPSA) is 88.2 Å². The van der Waals surface area contributed by atoms with E-state index in [0.29, 0.717) is 11.4 Å². The zero-order chi connectivity index (χ0) is 17.7. The summed E-state index contributed by atoms with van der Waals surface area (Å²) >= 11 is 0. The number of pyridine rings is 1. The molecule has 25 heavy (non-hydrogen) atoms. The lowest BCUT2D eigenvalue weighted by molar-refractivity contribution is 0.262. The lowest BCUT2D eigenvalue weighted by Crippen LogP contribution is -2.19. The minimum absolute atomic E-state index is 0.164. The van der Waals surface area contributed by atoms with E-state index in [1.165, 1.54) is 18.3 Å². The van der Waals surface area contributed by atoms with Crippen molar-refractivity contribution in [1.82, 2.24) is 4.98 Å². The first-order valence-corrected chi connectivity index (χ1v) is 8.92. The number of hydrogen-bond donors (Lipinski definition) is 2. The van der Waals surface area contributed by atoms with Crippen LogP contribution in [0, 0.1) is 0 Å². The van der Waals surface area contributed by atoms with Gasteiger partial charge in [0.1, 0.15) is 0 Å². The molecule has 0 aliphatic heterocycles. The van der Waals surface area contributed by atoms with Gasteiger partial charge in [-0.3, -0.25) is 4.98 Å². The third-order valence-corrected chi connectivity index (χ3v) is 5.18. The van der Waals surface area contributed by atoms with E-state index in [2.05, 4.69) is 15.6 Å². The molecule has 3 aromatic rings. The lowest BCUT2D eigenvalue weighted by Gasteiger charge is -2.09. The number of hydrogen-bond acceptors (Lipinski definition) is 4. The summed E-state index contributed by atoms with van der Waals surface area (Å²) in [5, 5.41) is 5.27. The second-order valence-corrected chi connectivity index (χ2v) is 7.11. The summed E-state index contributed by atoms with van der Waals surface area (Å²) in [6.45, 7) is 0. The molecule has 7 heteroatoms. The van der Waals surface area contributed by atoms with Crippen molar-refractivity contribution in [1.29, 1.82) is 0 Å². The van der Waals surface area contributed by atoms with Gasteiger partial charge in [0.2, 0.25) is 9.84 Å². The molecule has 2 N–H and O–H groups in total. The first-order chi connectivity index (χ1) is 12.1. The molecule has 0 aliphatic carbocycles. The minimum Gasteiger partial charge on any atom is -0.308 e. The van der Waals surface area contributed by atoms with Crippen molar-refractivity contribution < 1.29 is 13.2 Å². The number of carbonyl (C=O) groups excluding carboxylic acids is 1. The Kier molecular flexibility index (Phi) is 4.76. The van der Waals surface area contributed by atoms with Crippen molar-refractivity contribution >= 4 is 27.2 Å². The molecule has 0 aliphatic rings. The zero-order valence-electron chi connectivity index (χ0n) is 13.1. The fourth-order valence-corrected chi connectivity index (χ4v) is 3.47. The Morgan fingerprint density at radius 2 is 1.40 bits per heavy atom. The van der Waals surface area contributed by atoms with Crippen LogP contribution in [0.4, 0.5) is 16.2 Å². The number of aromatic nitrogens is 1. The molecular formula is C18H15N3O3S. The van der Waals surface area contributed by atoms with Crippen molar-refractivity contribution in [3.05, 3.63) is 79.1 Å². The maximum Gasteiger partial charge on any atom is 0.323 e. The molecule has 2 aromatic carbocycles. The predicted molar refractivity (Wildman–Crippen MR) is 95.2 cm³/mol. The Bertz CT molecular complexity index is 957. The van der Waals surface area contributed by atoms with Gasteiger partial charge in [0.25, 0.3) is 0 Å². The zero-order valence-corrected chi connectivity index (χ0v) is 13.9. The van der Waals surface area contributed by atoms with Gasteiger partial charge in [0.05, 0.1) is 21.7 Å². The van der Waals surface area contributed by atoms with Crippen LogP contribution in [-0.2, 0) is 9.84 Å². The van der Waals surface area contributed by atoms with Crippen LogP contribution in [0.25, 0.3) is 0 Å². The molecule has 0 saturated heterocycles. The summed E-state index contributed by atoms with van der Waals surface area (Å²) < 4.78 is 25.0. The predicted octanol–water partition coefficient (Wildman–Crippen LogP) is 3.56. The van der Waals surface area contributed by atoms with Gasteiger partial charge in [-0.05, 0) is 48.5 Å². The fraction of sp³-hybridized carbons (Fsp3) is 0. The van der Waals surface area contributed by atoms with Crippen molar-refractivity contribution in [2.45, 2.75) is 9.79 Å². The molecular weight excluding hydrogens is 338 g/mol. The molecule has 3 rings (SSSR count). The van der Waals surface area contributed by atoms with E-state index in [-0.39, 0.29) is 9.79 Å². The first kappa shape index (κ1) is 16.7. The number of urea groups is 1. The van der Waals surface area contributed by atoms with Gasteiger partial charge in [-0.2, -0.15) is 0 Å². The van der Waals surface area contributed by atoms with Crippen molar-refractivity contribution in [2.75, 3.05) is 10.6 Å². The summed E-state index contributed by atoms with van der Waals surface area (Å²) in [5.74, 6) is 0. The molecule has 2 amide bonds. The minimum atomic E-state index is -3.57. The maximum atomic E-state index is 12.5. The fourth-order valence-electron chi connectivity index (χ4n) is 2.18. The van der Waals surface area contributed by atoms with Crippen LogP contribution in [0.1, 0.15) is 0 Å². The van der Waals surface area contributed by atoms with Crippen LogP contribution in [-0.4, -0.2) is 19.4 Å². The van der Waals surface area contributed by atoms with Crippen molar-refractivity contribution in [3.8, 4) is 0 Å². The Hall–Kier alpha value is -3.19. The van der Waals surface area contributed by atoms with E-state index in [0.717, 1.165) is 0 Å². The standard InChI is InChI=1S/C18H15N3O3S/c22-18(21-15-5-4-12-19-13-15)20-14-8-10-17(11-9-14)25(23,24)16-6-2-1-3-7-16/h1-13H,(H2,20,21,22). The van der Waals surface area contributed by atoms with E-state index in [9.17, 15) is 13.2 Å². The number of anilines is 2. The molecule has 6 nitrogen and oxygen atoms in total. The SMILES string of the molecule is O=C(Nc1ccc(S(=O)(=O)c2ccccc2)cc1)Nc1cccnc1. The molecule has 0 saturated carbocycles. The molecule has 1 aromatic heterocycles. The Labute approximate surface area is 145 Å². The average Bonchev–Trinajstić information content (AvgIpc) is 2.63. The quantitative estimate of drug-likeness (QED) is 0.751. The number of carbonyl (C=O) groups is 1. The maximum absolute atomic E-state index is 12.5. The van der Waals surface area contributed by atoms with E-state index in [1.807, 2.05) is 0 Å². The molecule has 0 unspecified atom stereocenters. The largest absolute Gasteiger partial charge is 0.323 e. The van der Waals surface area contributed by atoms with Crippen LogP contribution in [0.2, 0.25) is 0 Å². The van der Waals surface area contributed by atoms with E-state index < -0.39 is 15.9 Å². The van der Waals surface area contributed by atoms with Gasteiger partial charge in [0, 0.05) is 11.9 Å². The van der Waals surface area contributed by atoms with Gasteiger partial charge in [-0.15, -0.1) is 0 Å². The molecule has 1 heterocycles. The number of rotatable bonds is 4. The average molecular weight is 353 g/mol. The highest BCUT2D eigenvalue weighted by Gasteiger charge is 2.16. The molecule has 0 atom stereocenters. The molecule has 0 radical (unpaired) electrons. The first-order valence-electron chi connectivity index (χ1n) is 7.44. The summed E-state index contributed by atoms with van der Waals surface area (Å²) in [4.78, 5) is 16.2. The Morgan fingerprint density at radius 3 is 2.04 bits per heavy atom. The normalized spacial score (nSPS) is 10.9. The van der Waals surface area contributed by atoms with E-state index in [1.54, 1.807) is 60.8 Å². The number of nitrogens with one attached hydrogen (secondary N) is 2. The summed E-state index contributed by atoms with van der Waals surface area (Å²) in [6.07, 6.45) is 3.13. The smallest absolute Gasteiger partial charge is 0.308 e. The second-order valence-electron chi connectivity index (χ2n) is 5.16. The van der Waals surface area contributed by atoms with Gasteiger partial charge >= 0.3 is 6.03 Å². The summed E-state index contributed by atoms with van der Waals surface area (Å²) in [6, 6.07) is 17.2. The monoisotopic (exact) mass is 353 g/mol. The van der Waals surface area contributed by atoms with E-state index in [4.69, 9.17) is 0 Å². The molecule has 126 valence electrons. The van der Waals surface area contributed by atoms with E-state index >= 15 is 0 Å². The van der Waals surface area contributed by atoms with Gasteiger partial charge in [0.15, 0.2) is 0 Å². The van der Waals surface area contributed by atoms with Crippen LogP contribution >= 0.6 is 0 Å². The molecule has 0 spiro atoms. The third-order valence-electron chi connectivity index (χ3n) is 3.40. The number of benzene rings is 2. The Balaban J connectivity index is 1.71. The van der Waals surface area contributed by atoms with Crippen LogP contribution in [0.15, 0.2) is 88.9 Å². The van der Waals surface area contributed by atoms with Gasteiger partial charge in [-0.1, -0.05) is 18.2 Å². The van der Waals surface area contributed by atoms with Crippen molar-refractivity contribution in [2.24, 2.45) is 0 Å². The highest BCUT2D eigenvalue weighted by molar-refractivity contribution is 7.91. The lowest BCUT2D eigenvalue weighted by atomic mass is 10.3. The summed E-state index contributed by atoms with van der Waals surface area (Å²) in [7, 11) is -3.57. The number of nitrogens with zero attached hydrogens (tertiary/aromatic N) is 1.